The molecule has 0 aliphatic rings. The SMILES string of the molecule is Cc1ccc(C)c(C(=O)Nc2nc(-c3ccc(F)cc3F)cs2)c1. The maximum atomic E-state index is 13.8. The third-order valence-electron chi connectivity index (χ3n) is 3.57. The Morgan fingerprint density at radius 1 is 1.12 bits per heavy atom. The van der Waals surface area contributed by atoms with E-state index < -0.39 is 11.6 Å². The number of anilines is 1. The summed E-state index contributed by atoms with van der Waals surface area (Å²) in [6.07, 6.45) is 0. The van der Waals surface area contributed by atoms with E-state index in [2.05, 4.69) is 10.3 Å². The molecule has 2 aromatic carbocycles. The molecule has 3 aromatic rings. The van der Waals surface area contributed by atoms with E-state index in [1.165, 1.54) is 23.5 Å². The van der Waals surface area contributed by atoms with E-state index in [0.717, 1.165) is 17.2 Å². The van der Waals surface area contributed by atoms with Gasteiger partial charge in [0.15, 0.2) is 5.13 Å². The Morgan fingerprint density at radius 3 is 2.67 bits per heavy atom. The lowest BCUT2D eigenvalue weighted by Gasteiger charge is -2.06. The predicted molar refractivity (Wildman–Crippen MR) is 91.3 cm³/mol. The van der Waals surface area contributed by atoms with Crippen LogP contribution in [0.2, 0.25) is 0 Å². The molecule has 0 aliphatic heterocycles. The fourth-order valence-corrected chi connectivity index (χ4v) is 3.00. The van der Waals surface area contributed by atoms with Gasteiger partial charge in [-0.15, -0.1) is 11.3 Å². The number of aromatic nitrogens is 1. The van der Waals surface area contributed by atoms with Crippen molar-refractivity contribution in [3.8, 4) is 11.3 Å². The van der Waals surface area contributed by atoms with Crippen LogP contribution in [0.25, 0.3) is 11.3 Å². The highest BCUT2D eigenvalue weighted by Gasteiger charge is 2.14. The van der Waals surface area contributed by atoms with Crippen molar-refractivity contribution in [3.63, 3.8) is 0 Å². The second-order valence-electron chi connectivity index (χ2n) is 5.43. The zero-order valence-electron chi connectivity index (χ0n) is 13.1. The molecule has 1 amide bonds. The summed E-state index contributed by atoms with van der Waals surface area (Å²) in [4.78, 5) is 16.6. The Balaban J connectivity index is 1.83. The lowest BCUT2D eigenvalue weighted by molar-refractivity contribution is 0.102. The van der Waals surface area contributed by atoms with E-state index in [4.69, 9.17) is 0 Å². The van der Waals surface area contributed by atoms with Gasteiger partial charge in [0.05, 0.1) is 5.69 Å². The number of benzene rings is 2. The summed E-state index contributed by atoms with van der Waals surface area (Å²) in [5, 5.41) is 4.70. The molecule has 0 bridgehead atoms. The Hall–Kier alpha value is -2.60. The number of thiazole rings is 1. The first-order chi connectivity index (χ1) is 11.4. The van der Waals surface area contributed by atoms with Crippen LogP contribution in [-0.4, -0.2) is 10.9 Å². The Kier molecular flexibility index (Phi) is 4.40. The third kappa shape index (κ3) is 3.33. The summed E-state index contributed by atoms with van der Waals surface area (Å²) >= 11 is 1.19. The van der Waals surface area contributed by atoms with Gasteiger partial charge < -0.3 is 0 Å². The Bertz CT molecular complexity index is 921. The normalized spacial score (nSPS) is 10.7. The summed E-state index contributed by atoms with van der Waals surface area (Å²) in [5.74, 6) is -1.60. The molecule has 0 saturated carbocycles. The monoisotopic (exact) mass is 344 g/mol. The van der Waals surface area contributed by atoms with Crippen molar-refractivity contribution in [2.45, 2.75) is 13.8 Å². The zero-order chi connectivity index (χ0) is 17.3. The molecule has 0 spiro atoms. The number of hydrogen-bond acceptors (Lipinski definition) is 3. The molecular formula is C18H14F2N2OS. The maximum absolute atomic E-state index is 13.8. The number of aryl methyl sites for hydroxylation is 2. The Morgan fingerprint density at radius 2 is 1.92 bits per heavy atom. The largest absolute Gasteiger partial charge is 0.298 e. The minimum absolute atomic E-state index is 0.194. The molecule has 3 nitrogen and oxygen atoms in total. The molecule has 0 saturated heterocycles. The van der Waals surface area contributed by atoms with Gasteiger partial charge in [0.2, 0.25) is 0 Å². The topological polar surface area (TPSA) is 42.0 Å². The lowest BCUT2D eigenvalue weighted by Crippen LogP contribution is -2.13. The van der Waals surface area contributed by atoms with E-state index in [-0.39, 0.29) is 11.5 Å². The van der Waals surface area contributed by atoms with E-state index >= 15 is 0 Å². The quantitative estimate of drug-likeness (QED) is 0.730. The van der Waals surface area contributed by atoms with Crippen LogP contribution in [0.4, 0.5) is 13.9 Å². The van der Waals surface area contributed by atoms with Crippen LogP contribution in [0.3, 0.4) is 0 Å². The predicted octanol–water partition coefficient (Wildman–Crippen LogP) is 4.96. The highest BCUT2D eigenvalue weighted by molar-refractivity contribution is 7.14. The smallest absolute Gasteiger partial charge is 0.257 e. The molecule has 122 valence electrons. The van der Waals surface area contributed by atoms with E-state index in [0.29, 0.717) is 16.4 Å². The van der Waals surface area contributed by atoms with Gasteiger partial charge in [-0.05, 0) is 37.6 Å². The molecule has 3 rings (SSSR count). The van der Waals surface area contributed by atoms with Gasteiger partial charge in [0, 0.05) is 22.6 Å². The fraction of sp³-hybridized carbons (Fsp3) is 0.111. The van der Waals surface area contributed by atoms with Crippen molar-refractivity contribution in [2.75, 3.05) is 5.32 Å². The second-order valence-corrected chi connectivity index (χ2v) is 6.29. The van der Waals surface area contributed by atoms with E-state index in [1.54, 1.807) is 11.4 Å². The number of halogens is 2. The van der Waals surface area contributed by atoms with Crippen molar-refractivity contribution >= 4 is 22.4 Å². The number of nitrogens with one attached hydrogen (secondary N) is 1. The van der Waals surface area contributed by atoms with Crippen molar-refractivity contribution in [1.29, 1.82) is 0 Å². The molecule has 1 N–H and O–H groups in total. The molecular weight excluding hydrogens is 330 g/mol. The summed E-state index contributed by atoms with van der Waals surface area (Å²) < 4.78 is 26.8. The minimum atomic E-state index is -0.687. The molecule has 0 fully saturated rings. The summed E-state index contributed by atoms with van der Waals surface area (Å²) in [6, 6.07) is 8.93. The fourth-order valence-electron chi connectivity index (χ4n) is 2.30. The highest BCUT2D eigenvalue weighted by Crippen LogP contribution is 2.27. The van der Waals surface area contributed by atoms with Crippen molar-refractivity contribution in [2.24, 2.45) is 0 Å². The maximum Gasteiger partial charge on any atom is 0.257 e. The van der Waals surface area contributed by atoms with Gasteiger partial charge in [0.1, 0.15) is 11.6 Å². The molecule has 1 heterocycles. The standard InChI is InChI=1S/C18H14F2N2OS/c1-10-3-4-11(2)14(7-10)17(23)22-18-21-16(9-24-18)13-6-5-12(19)8-15(13)20/h3-9H,1-2H3,(H,21,22,23). The van der Waals surface area contributed by atoms with E-state index in [9.17, 15) is 13.6 Å². The van der Waals surface area contributed by atoms with Gasteiger partial charge in [0.25, 0.3) is 5.91 Å². The minimum Gasteiger partial charge on any atom is -0.298 e. The summed E-state index contributed by atoms with van der Waals surface area (Å²) in [7, 11) is 0. The first-order valence-corrected chi connectivity index (χ1v) is 8.11. The van der Waals surface area contributed by atoms with Gasteiger partial charge in [-0.2, -0.15) is 0 Å². The summed E-state index contributed by atoms with van der Waals surface area (Å²) in [5.41, 5.74) is 2.96. The molecule has 1 aromatic heterocycles. The molecule has 6 heteroatoms. The average molecular weight is 344 g/mol. The second kappa shape index (κ2) is 6.49. The number of hydrogen-bond donors (Lipinski definition) is 1. The molecule has 0 atom stereocenters. The number of rotatable bonds is 3. The average Bonchev–Trinajstić information content (AvgIpc) is 2.97. The molecule has 0 unspecified atom stereocenters. The van der Waals surface area contributed by atoms with Gasteiger partial charge in [-0.1, -0.05) is 17.7 Å². The first kappa shape index (κ1) is 16.3. The molecule has 24 heavy (non-hydrogen) atoms. The number of carbonyl (C=O) groups is 1. The Labute approximate surface area is 142 Å². The lowest BCUT2D eigenvalue weighted by atomic mass is 10.1. The summed E-state index contributed by atoms with van der Waals surface area (Å²) in [6.45, 7) is 3.77. The van der Waals surface area contributed by atoms with E-state index in [1.807, 2.05) is 26.0 Å². The number of amides is 1. The molecule has 0 radical (unpaired) electrons. The van der Waals surface area contributed by atoms with Gasteiger partial charge in [-0.25, -0.2) is 13.8 Å². The van der Waals surface area contributed by atoms with Crippen LogP contribution in [0, 0.1) is 25.5 Å². The van der Waals surface area contributed by atoms with Gasteiger partial charge in [-0.3, -0.25) is 10.1 Å². The van der Waals surface area contributed by atoms with Crippen LogP contribution in [0.5, 0.6) is 0 Å². The zero-order valence-corrected chi connectivity index (χ0v) is 13.9. The van der Waals surface area contributed by atoms with Crippen molar-refractivity contribution in [1.82, 2.24) is 4.98 Å². The van der Waals surface area contributed by atoms with Crippen LogP contribution >= 0.6 is 11.3 Å². The van der Waals surface area contributed by atoms with Crippen LogP contribution in [0.1, 0.15) is 21.5 Å². The van der Waals surface area contributed by atoms with Crippen LogP contribution in [0.15, 0.2) is 41.8 Å². The first-order valence-electron chi connectivity index (χ1n) is 7.23. The molecule has 0 aliphatic carbocycles. The number of carbonyl (C=O) groups excluding carboxylic acids is 1. The van der Waals surface area contributed by atoms with Crippen molar-refractivity contribution in [3.05, 3.63) is 70.1 Å². The van der Waals surface area contributed by atoms with Crippen LogP contribution in [-0.2, 0) is 0 Å². The number of nitrogens with zero attached hydrogens (tertiary/aromatic N) is 1. The van der Waals surface area contributed by atoms with Crippen LogP contribution < -0.4 is 5.32 Å². The third-order valence-corrected chi connectivity index (χ3v) is 4.33. The van der Waals surface area contributed by atoms with Crippen molar-refractivity contribution < 1.29 is 13.6 Å². The highest BCUT2D eigenvalue weighted by atomic mass is 32.1. The van der Waals surface area contributed by atoms with Gasteiger partial charge >= 0.3 is 0 Å².